The lowest BCUT2D eigenvalue weighted by Gasteiger charge is -2.21. The minimum absolute atomic E-state index is 0.0181. The molecule has 7 nitrogen and oxygen atoms in total. The Hall–Kier alpha value is -3.07. The van der Waals surface area contributed by atoms with Gasteiger partial charge in [0.05, 0.1) is 17.8 Å². The van der Waals surface area contributed by atoms with Crippen LogP contribution in [0.1, 0.15) is 31.1 Å². The molecule has 0 saturated carbocycles. The minimum atomic E-state index is -3.94. The number of nitrogens with one attached hydrogen (secondary N) is 2. The minimum Gasteiger partial charge on any atom is -0.495 e. The van der Waals surface area contributed by atoms with Crippen molar-refractivity contribution in [3.05, 3.63) is 65.2 Å². The lowest BCUT2D eigenvalue weighted by Crippen LogP contribution is -2.40. The summed E-state index contributed by atoms with van der Waals surface area (Å²) in [5.41, 5.74) is 1.11. The molecule has 172 valence electrons. The van der Waals surface area contributed by atoms with E-state index in [1.54, 1.807) is 32.9 Å². The van der Waals surface area contributed by atoms with Gasteiger partial charge in [0.25, 0.3) is 5.91 Å². The second-order valence-corrected chi connectivity index (χ2v) is 10.7. The first-order valence-corrected chi connectivity index (χ1v) is 12.0. The Morgan fingerprint density at radius 3 is 2.42 bits per heavy atom. The molecule has 1 aromatic heterocycles. The molecule has 0 aliphatic carbocycles. The number of furan rings is 1. The van der Waals surface area contributed by atoms with E-state index in [9.17, 15) is 13.2 Å². The number of fused-ring (bicyclic) bond motifs is 3. The van der Waals surface area contributed by atoms with Gasteiger partial charge in [-0.15, -0.1) is 0 Å². The molecule has 1 heterocycles. The number of amides is 1. The first kappa shape index (κ1) is 23.1. The van der Waals surface area contributed by atoms with E-state index < -0.39 is 21.5 Å². The summed E-state index contributed by atoms with van der Waals surface area (Å²) < 4.78 is 39.5. The van der Waals surface area contributed by atoms with Gasteiger partial charge in [-0.25, -0.2) is 13.1 Å². The van der Waals surface area contributed by atoms with Gasteiger partial charge in [-0.1, -0.05) is 29.8 Å². The molecule has 4 aromatic rings. The second-order valence-electron chi connectivity index (χ2n) is 8.60. The summed E-state index contributed by atoms with van der Waals surface area (Å²) in [7, 11) is -2.43. The zero-order chi connectivity index (χ0) is 24.0. The first-order valence-electron chi connectivity index (χ1n) is 10.1. The van der Waals surface area contributed by atoms with Crippen LogP contribution in [0.15, 0.2) is 63.9 Å². The topological polar surface area (TPSA) is 97.6 Å². The highest BCUT2D eigenvalue weighted by atomic mass is 35.5. The highest BCUT2D eigenvalue weighted by Gasteiger charge is 2.25. The maximum absolute atomic E-state index is 13.0. The predicted molar refractivity (Wildman–Crippen MR) is 130 cm³/mol. The Kier molecular flexibility index (Phi) is 5.86. The number of anilines is 1. The smallest absolute Gasteiger partial charge is 0.255 e. The van der Waals surface area contributed by atoms with E-state index in [1.807, 2.05) is 24.3 Å². The molecule has 3 aromatic carbocycles. The Morgan fingerprint density at radius 1 is 1.00 bits per heavy atom. The molecule has 9 heteroatoms. The lowest BCUT2D eigenvalue weighted by atomic mass is 10.1. The number of halogens is 1. The Bertz CT molecular complexity index is 1490. The van der Waals surface area contributed by atoms with Crippen molar-refractivity contribution in [3.63, 3.8) is 0 Å². The summed E-state index contributed by atoms with van der Waals surface area (Å²) in [6.45, 7) is 5.15. The van der Waals surface area contributed by atoms with Crippen LogP contribution in [0.4, 0.5) is 5.69 Å². The number of ether oxygens (including phenoxy) is 1. The summed E-state index contributed by atoms with van der Waals surface area (Å²) in [6.07, 6.45) is 0. The summed E-state index contributed by atoms with van der Waals surface area (Å²) in [5.74, 6) is -0.0775. The number of para-hydroxylation sites is 1. The van der Waals surface area contributed by atoms with Crippen LogP contribution in [0, 0.1) is 0 Å². The molecule has 0 aliphatic rings. The SMILES string of the molecule is COc1cc2c(cc1NC(=O)c1ccc(Cl)c(S(=O)(=O)NC(C)(C)C)c1)oc1ccccc12. The van der Waals surface area contributed by atoms with Gasteiger partial charge >= 0.3 is 0 Å². The number of benzene rings is 3. The van der Waals surface area contributed by atoms with E-state index in [0.29, 0.717) is 17.0 Å². The average Bonchev–Trinajstić information content (AvgIpc) is 3.08. The third-order valence-electron chi connectivity index (χ3n) is 4.87. The largest absolute Gasteiger partial charge is 0.495 e. The quantitative estimate of drug-likeness (QED) is 0.384. The first-order chi connectivity index (χ1) is 15.5. The highest BCUT2D eigenvalue weighted by Crippen LogP contribution is 2.36. The van der Waals surface area contributed by atoms with Gasteiger partial charge in [0.15, 0.2) is 0 Å². The van der Waals surface area contributed by atoms with E-state index >= 15 is 0 Å². The molecule has 0 fully saturated rings. The third-order valence-corrected chi connectivity index (χ3v) is 7.11. The molecule has 0 spiro atoms. The predicted octanol–water partition coefficient (Wildman–Crippen LogP) is 5.58. The van der Waals surface area contributed by atoms with Crippen LogP contribution in [0.25, 0.3) is 21.9 Å². The molecule has 1 amide bonds. The molecule has 4 rings (SSSR count). The zero-order valence-electron chi connectivity index (χ0n) is 18.5. The molecule has 0 saturated heterocycles. The van der Waals surface area contributed by atoms with Gasteiger partial charge in [0.2, 0.25) is 10.0 Å². The van der Waals surface area contributed by atoms with Gasteiger partial charge in [-0.05, 0) is 51.1 Å². The van der Waals surface area contributed by atoms with Crippen molar-refractivity contribution >= 4 is 55.2 Å². The van der Waals surface area contributed by atoms with Gasteiger partial charge in [-0.3, -0.25) is 4.79 Å². The second kappa shape index (κ2) is 8.37. The van der Waals surface area contributed by atoms with Crippen molar-refractivity contribution in [2.45, 2.75) is 31.2 Å². The van der Waals surface area contributed by atoms with Crippen LogP contribution in [0.5, 0.6) is 5.75 Å². The fourth-order valence-corrected chi connectivity index (χ4v) is 5.47. The fraction of sp³-hybridized carbons (Fsp3) is 0.208. The standard InChI is InChI=1S/C24H23ClN2O5S/c1-24(2,3)27-33(29,30)22-11-14(9-10-17(22)25)23(28)26-18-13-20-16(12-21(18)31-4)15-7-5-6-8-19(15)32-20/h5-13,27H,1-4H3,(H,26,28). The van der Waals surface area contributed by atoms with E-state index in [2.05, 4.69) is 10.0 Å². The molecule has 0 radical (unpaired) electrons. The van der Waals surface area contributed by atoms with Crippen LogP contribution in [0.2, 0.25) is 5.02 Å². The summed E-state index contributed by atoms with van der Waals surface area (Å²) in [5, 5.41) is 4.58. The average molecular weight is 487 g/mol. The maximum atomic E-state index is 13.0. The van der Waals surface area contributed by atoms with Gasteiger partial charge in [-0.2, -0.15) is 0 Å². The van der Waals surface area contributed by atoms with Crippen molar-refractivity contribution in [2.75, 3.05) is 12.4 Å². The number of hydrogen-bond acceptors (Lipinski definition) is 5. The monoisotopic (exact) mass is 486 g/mol. The van der Waals surface area contributed by atoms with Gasteiger partial charge in [0.1, 0.15) is 21.8 Å². The maximum Gasteiger partial charge on any atom is 0.255 e. The van der Waals surface area contributed by atoms with Crippen LogP contribution >= 0.6 is 11.6 Å². The van der Waals surface area contributed by atoms with Crippen LogP contribution in [-0.4, -0.2) is 27.0 Å². The van der Waals surface area contributed by atoms with Crippen LogP contribution in [0.3, 0.4) is 0 Å². The molecule has 0 unspecified atom stereocenters. The van der Waals surface area contributed by atoms with Crippen molar-refractivity contribution in [3.8, 4) is 5.75 Å². The summed E-state index contributed by atoms with van der Waals surface area (Å²) in [4.78, 5) is 12.8. The number of methoxy groups -OCH3 is 1. The lowest BCUT2D eigenvalue weighted by molar-refractivity contribution is 0.102. The molecular weight excluding hydrogens is 464 g/mol. The van der Waals surface area contributed by atoms with Crippen molar-refractivity contribution in [1.29, 1.82) is 0 Å². The molecule has 33 heavy (non-hydrogen) atoms. The molecule has 0 aliphatic heterocycles. The Morgan fingerprint density at radius 2 is 1.73 bits per heavy atom. The van der Waals surface area contributed by atoms with E-state index in [0.717, 1.165) is 16.4 Å². The Balaban J connectivity index is 1.70. The fourth-order valence-electron chi connectivity index (χ4n) is 3.52. The van der Waals surface area contributed by atoms with Crippen molar-refractivity contribution in [1.82, 2.24) is 4.72 Å². The van der Waals surface area contributed by atoms with Crippen LogP contribution < -0.4 is 14.8 Å². The van der Waals surface area contributed by atoms with Gasteiger partial charge < -0.3 is 14.5 Å². The van der Waals surface area contributed by atoms with E-state index in [1.165, 1.54) is 25.3 Å². The number of carbonyl (C=O) groups excluding carboxylic acids is 1. The summed E-state index contributed by atoms with van der Waals surface area (Å²) >= 11 is 6.14. The molecule has 0 atom stereocenters. The number of hydrogen-bond donors (Lipinski definition) is 2. The third kappa shape index (κ3) is 4.68. The normalized spacial score (nSPS) is 12.3. The number of carbonyl (C=O) groups is 1. The van der Waals surface area contributed by atoms with Crippen molar-refractivity contribution < 1.29 is 22.4 Å². The molecular formula is C24H23ClN2O5S. The highest BCUT2D eigenvalue weighted by molar-refractivity contribution is 7.89. The van der Waals surface area contributed by atoms with Crippen molar-refractivity contribution in [2.24, 2.45) is 0 Å². The summed E-state index contributed by atoms with van der Waals surface area (Å²) in [6, 6.07) is 15.2. The zero-order valence-corrected chi connectivity index (χ0v) is 20.1. The number of sulfonamides is 1. The molecule has 2 N–H and O–H groups in total. The van der Waals surface area contributed by atoms with Gasteiger partial charge in [0, 0.05) is 27.9 Å². The van der Waals surface area contributed by atoms with Crippen LogP contribution in [-0.2, 0) is 10.0 Å². The van der Waals surface area contributed by atoms with E-state index in [-0.39, 0.29) is 15.5 Å². The molecule has 0 bridgehead atoms. The number of rotatable bonds is 5. The Labute approximate surface area is 196 Å². The van der Waals surface area contributed by atoms with E-state index in [4.69, 9.17) is 20.8 Å².